The van der Waals surface area contributed by atoms with Gasteiger partial charge in [-0.15, -0.1) is 0 Å². The van der Waals surface area contributed by atoms with Crippen LogP contribution in [0.25, 0.3) is 0 Å². The third kappa shape index (κ3) is 2.81. The van der Waals surface area contributed by atoms with Crippen LogP contribution in [0.2, 0.25) is 0 Å². The smallest absolute Gasteiger partial charge is 0.212 e. The van der Waals surface area contributed by atoms with Gasteiger partial charge < -0.3 is 9.57 Å². The molecule has 4 aliphatic carbocycles. The van der Waals surface area contributed by atoms with E-state index in [4.69, 9.17) is 0 Å². The van der Waals surface area contributed by atoms with Crippen molar-refractivity contribution in [2.24, 2.45) is 17.8 Å². The molecule has 3 heteroatoms. The Kier molecular flexibility index (Phi) is 3.86. The Hall–Kier alpha value is -0.230. The molecule has 1 heterocycles. The van der Waals surface area contributed by atoms with E-state index in [2.05, 4.69) is 70.2 Å². The summed E-state index contributed by atoms with van der Waals surface area (Å²) in [5, 5.41) is 0.588. The lowest BCUT2D eigenvalue weighted by Gasteiger charge is -2.60. The SMILES string of the molecule is CC(C)(C)P(N1[C]N(C23CC4CC(CC(C4)C2)C3)C=C1)C(C)(C)C. The molecule has 2 radical (unpaired) electrons. The van der Waals surface area contributed by atoms with E-state index in [1.807, 2.05) is 0 Å². The number of hydrogen-bond acceptors (Lipinski definition) is 2. The Labute approximate surface area is 150 Å². The second-order valence-corrected chi connectivity index (χ2v) is 14.6. The van der Waals surface area contributed by atoms with E-state index < -0.39 is 0 Å². The number of hydrogen-bond donors (Lipinski definition) is 0. The minimum Gasteiger partial charge on any atom is -0.340 e. The van der Waals surface area contributed by atoms with E-state index in [1.54, 1.807) is 0 Å². The molecule has 0 amide bonds. The molecule has 134 valence electrons. The molecule has 0 spiro atoms. The van der Waals surface area contributed by atoms with Crippen molar-refractivity contribution in [1.82, 2.24) is 9.57 Å². The van der Waals surface area contributed by atoms with Gasteiger partial charge in [0.1, 0.15) is 0 Å². The van der Waals surface area contributed by atoms with Gasteiger partial charge in [-0.3, -0.25) is 0 Å². The molecule has 0 aromatic carbocycles. The molecule has 0 aromatic rings. The Balaban J connectivity index is 1.54. The fourth-order valence-electron chi connectivity index (χ4n) is 6.70. The molecule has 5 aliphatic rings. The number of rotatable bonds is 2. The van der Waals surface area contributed by atoms with Crippen molar-refractivity contribution in [3.63, 3.8) is 0 Å². The second kappa shape index (κ2) is 5.38. The zero-order valence-corrected chi connectivity index (χ0v) is 17.4. The molecular weight excluding hydrogens is 311 g/mol. The van der Waals surface area contributed by atoms with E-state index in [0.29, 0.717) is 15.9 Å². The molecule has 4 fully saturated rings. The van der Waals surface area contributed by atoms with Crippen molar-refractivity contribution in [3.8, 4) is 0 Å². The zero-order valence-electron chi connectivity index (χ0n) is 16.5. The molecule has 5 rings (SSSR count). The molecule has 2 nitrogen and oxygen atoms in total. The first-order valence-electron chi connectivity index (χ1n) is 9.90. The fraction of sp³-hybridized carbons (Fsp3) is 0.857. The lowest BCUT2D eigenvalue weighted by Crippen LogP contribution is -2.57. The number of nitrogens with zero attached hydrogens (tertiary/aromatic N) is 2. The van der Waals surface area contributed by atoms with Crippen LogP contribution in [0.3, 0.4) is 0 Å². The average molecular weight is 346 g/mol. The summed E-state index contributed by atoms with van der Waals surface area (Å²) in [6.07, 6.45) is 13.5. The highest BCUT2D eigenvalue weighted by molar-refractivity contribution is 7.58. The Morgan fingerprint density at radius 3 is 1.71 bits per heavy atom. The maximum atomic E-state index is 3.85. The summed E-state index contributed by atoms with van der Waals surface area (Å²) in [7, 11) is -0.318. The molecule has 24 heavy (non-hydrogen) atoms. The largest absolute Gasteiger partial charge is 0.340 e. The molecule has 4 saturated carbocycles. The molecule has 0 saturated heterocycles. The summed E-state index contributed by atoms with van der Waals surface area (Å²) in [5.74, 6) is 2.98. The van der Waals surface area contributed by atoms with E-state index in [0.717, 1.165) is 17.8 Å². The summed E-state index contributed by atoms with van der Waals surface area (Å²) in [6.45, 7) is 18.2. The minimum absolute atomic E-state index is 0.294. The topological polar surface area (TPSA) is 6.48 Å². The van der Waals surface area contributed by atoms with Crippen LogP contribution in [0.15, 0.2) is 12.4 Å². The molecule has 1 aliphatic heterocycles. The first-order valence-corrected chi connectivity index (χ1v) is 11.2. The Bertz CT molecular complexity index is 476. The molecule has 0 aromatic heterocycles. The van der Waals surface area contributed by atoms with Gasteiger partial charge in [0.15, 0.2) is 0 Å². The van der Waals surface area contributed by atoms with Gasteiger partial charge in [-0.1, -0.05) is 41.5 Å². The highest BCUT2D eigenvalue weighted by Gasteiger charge is 2.54. The van der Waals surface area contributed by atoms with Crippen molar-refractivity contribution < 1.29 is 0 Å². The average Bonchev–Trinajstić information content (AvgIpc) is 2.83. The monoisotopic (exact) mass is 346 g/mol. The van der Waals surface area contributed by atoms with Crippen LogP contribution in [0, 0.1) is 24.4 Å². The maximum Gasteiger partial charge on any atom is 0.212 e. The molecular formula is C21H35N2P. The van der Waals surface area contributed by atoms with Gasteiger partial charge in [-0.05, 0) is 56.3 Å². The van der Waals surface area contributed by atoms with Gasteiger partial charge in [0.05, 0.1) is 0 Å². The summed E-state index contributed by atoms with van der Waals surface area (Å²) in [6, 6.07) is 0. The molecule has 4 bridgehead atoms. The highest BCUT2D eigenvalue weighted by atomic mass is 31.1. The summed E-state index contributed by atoms with van der Waals surface area (Å²) in [5.41, 5.74) is 0.400. The maximum absolute atomic E-state index is 3.85. The van der Waals surface area contributed by atoms with E-state index >= 15 is 0 Å². The van der Waals surface area contributed by atoms with Crippen LogP contribution in [0.5, 0.6) is 0 Å². The van der Waals surface area contributed by atoms with Gasteiger partial charge in [0.25, 0.3) is 0 Å². The lowest BCUT2D eigenvalue weighted by molar-refractivity contribution is -0.0620. The van der Waals surface area contributed by atoms with Crippen LogP contribution >= 0.6 is 8.07 Å². The third-order valence-electron chi connectivity index (χ3n) is 6.57. The van der Waals surface area contributed by atoms with Crippen molar-refractivity contribution in [2.75, 3.05) is 0 Å². The van der Waals surface area contributed by atoms with Crippen LogP contribution in [-0.4, -0.2) is 25.4 Å². The predicted octanol–water partition coefficient (Wildman–Crippen LogP) is 6.03. The Morgan fingerprint density at radius 1 is 0.833 bits per heavy atom. The van der Waals surface area contributed by atoms with Crippen molar-refractivity contribution >= 4 is 8.07 Å². The van der Waals surface area contributed by atoms with Crippen molar-refractivity contribution in [2.45, 2.75) is 95.9 Å². The lowest BCUT2D eigenvalue weighted by atomic mass is 9.52. The second-order valence-electron chi connectivity index (χ2n) is 10.9. The normalized spacial score (nSPS) is 38.7. The molecule has 0 atom stereocenters. The summed E-state index contributed by atoms with van der Waals surface area (Å²) in [4.78, 5) is 2.53. The van der Waals surface area contributed by atoms with Crippen LogP contribution in [-0.2, 0) is 0 Å². The highest BCUT2D eigenvalue weighted by Crippen LogP contribution is 2.65. The summed E-state index contributed by atoms with van der Waals surface area (Å²) >= 11 is 0. The third-order valence-corrected chi connectivity index (χ3v) is 9.77. The van der Waals surface area contributed by atoms with E-state index in [1.165, 1.54) is 38.5 Å². The predicted molar refractivity (Wildman–Crippen MR) is 103 cm³/mol. The Morgan fingerprint density at radius 2 is 1.29 bits per heavy atom. The standard InChI is InChI=1S/C21H35N2P/c1-19(2,3)24(20(4,5)6)23-8-7-22(15-23)21-12-16-9-17(13-21)11-18(10-16)14-21/h7-8,16-18H,9-14H2,1-6H3. The van der Waals surface area contributed by atoms with Gasteiger partial charge in [0, 0.05) is 36.3 Å². The zero-order chi connectivity index (χ0) is 17.3. The van der Waals surface area contributed by atoms with E-state index in [-0.39, 0.29) is 8.07 Å². The van der Waals surface area contributed by atoms with E-state index in [9.17, 15) is 0 Å². The summed E-state index contributed by atoms with van der Waals surface area (Å²) < 4.78 is 2.47. The van der Waals surface area contributed by atoms with Crippen LogP contribution in [0.4, 0.5) is 0 Å². The van der Waals surface area contributed by atoms with Crippen LogP contribution < -0.4 is 0 Å². The minimum atomic E-state index is -0.318. The van der Waals surface area contributed by atoms with Gasteiger partial charge >= 0.3 is 0 Å². The van der Waals surface area contributed by atoms with Gasteiger partial charge in [0.2, 0.25) is 6.67 Å². The van der Waals surface area contributed by atoms with Gasteiger partial charge in [-0.25, -0.2) is 0 Å². The first kappa shape index (κ1) is 17.2. The van der Waals surface area contributed by atoms with Gasteiger partial charge in [-0.2, -0.15) is 0 Å². The first-order chi connectivity index (χ1) is 11.1. The molecule has 0 N–H and O–H groups in total. The van der Waals surface area contributed by atoms with Crippen LogP contribution in [0.1, 0.15) is 80.1 Å². The fourth-order valence-corrected chi connectivity index (χ4v) is 10.4. The van der Waals surface area contributed by atoms with Crippen molar-refractivity contribution in [3.05, 3.63) is 19.1 Å². The quantitative estimate of drug-likeness (QED) is 0.563. The molecule has 0 unspecified atom stereocenters. The van der Waals surface area contributed by atoms with Crippen molar-refractivity contribution in [1.29, 1.82) is 0 Å².